The second-order valence-corrected chi connectivity index (χ2v) is 9.29. The van der Waals surface area contributed by atoms with Crippen LogP contribution < -0.4 is 20.3 Å². The number of aryl methyl sites for hydroxylation is 1. The van der Waals surface area contributed by atoms with Crippen molar-refractivity contribution in [1.29, 1.82) is 0 Å². The lowest BCUT2D eigenvalue weighted by molar-refractivity contribution is -0.118. The maximum absolute atomic E-state index is 12.3. The highest BCUT2D eigenvalue weighted by Crippen LogP contribution is 2.34. The fraction of sp³-hybridized carbons (Fsp3) is 0.321. The van der Waals surface area contributed by atoms with Gasteiger partial charge in [-0.15, -0.1) is 0 Å². The normalized spacial score (nSPS) is 14.0. The van der Waals surface area contributed by atoms with Crippen LogP contribution in [0.15, 0.2) is 54.9 Å². The molecule has 0 unspecified atom stereocenters. The SMILES string of the molecule is CCc1ccc(-c2ccn3ncc(C(C)C)c3c2)nc1Nc1ccc(N2CCNCC2=O)cc1OC. The molecule has 3 aromatic heterocycles. The van der Waals surface area contributed by atoms with E-state index in [2.05, 4.69) is 54.7 Å². The Balaban J connectivity index is 1.48. The topological polar surface area (TPSA) is 83.8 Å². The van der Waals surface area contributed by atoms with E-state index in [0.29, 0.717) is 24.8 Å². The standard InChI is InChI=1S/C28H32N6O2/c1-5-19-6-8-23(20-10-12-34-25(14-20)22(16-30-34)18(2)3)31-28(19)32-24-9-7-21(15-26(24)36-4)33-13-11-29-17-27(33)35/h6-10,12,14-16,18,29H,5,11,13,17H2,1-4H3,(H,31,32). The molecule has 1 saturated heterocycles. The highest BCUT2D eigenvalue weighted by molar-refractivity contribution is 5.96. The van der Waals surface area contributed by atoms with Crippen molar-refractivity contribution in [2.75, 3.05) is 37.0 Å². The predicted octanol–water partition coefficient (Wildman–Crippen LogP) is 4.77. The minimum absolute atomic E-state index is 0.0578. The van der Waals surface area contributed by atoms with Crippen LogP contribution in [0.5, 0.6) is 5.75 Å². The Morgan fingerprint density at radius 2 is 2.03 bits per heavy atom. The number of anilines is 3. The Kier molecular flexibility index (Phi) is 6.61. The zero-order chi connectivity index (χ0) is 25.2. The van der Waals surface area contributed by atoms with Crippen LogP contribution in [-0.4, -0.2) is 47.2 Å². The van der Waals surface area contributed by atoms with Gasteiger partial charge in [0.15, 0.2) is 0 Å². The Morgan fingerprint density at radius 1 is 1.17 bits per heavy atom. The Morgan fingerprint density at radius 3 is 2.78 bits per heavy atom. The first-order valence-electron chi connectivity index (χ1n) is 12.4. The molecule has 1 aromatic carbocycles. The van der Waals surface area contributed by atoms with E-state index in [1.54, 1.807) is 12.0 Å². The van der Waals surface area contributed by atoms with Crippen molar-refractivity contribution in [3.8, 4) is 17.0 Å². The molecule has 2 N–H and O–H groups in total. The monoisotopic (exact) mass is 484 g/mol. The van der Waals surface area contributed by atoms with Crippen LogP contribution >= 0.6 is 0 Å². The molecular formula is C28H32N6O2. The summed E-state index contributed by atoms with van der Waals surface area (Å²) in [5.41, 5.74) is 6.97. The van der Waals surface area contributed by atoms with E-state index in [1.165, 1.54) is 5.56 Å². The third-order valence-electron chi connectivity index (χ3n) is 6.67. The number of hydrogen-bond acceptors (Lipinski definition) is 6. The van der Waals surface area contributed by atoms with Gasteiger partial charge in [-0.2, -0.15) is 5.10 Å². The number of amides is 1. The van der Waals surface area contributed by atoms with E-state index in [1.807, 2.05) is 41.2 Å². The van der Waals surface area contributed by atoms with Crippen molar-refractivity contribution in [2.24, 2.45) is 0 Å². The quantitative estimate of drug-likeness (QED) is 0.393. The van der Waals surface area contributed by atoms with E-state index >= 15 is 0 Å². The van der Waals surface area contributed by atoms with Crippen LogP contribution in [0.4, 0.5) is 17.2 Å². The van der Waals surface area contributed by atoms with Gasteiger partial charge in [-0.05, 0) is 48.2 Å². The first-order valence-corrected chi connectivity index (χ1v) is 12.4. The Labute approximate surface area is 211 Å². The van der Waals surface area contributed by atoms with Crippen LogP contribution in [0.3, 0.4) is 0 Å². The number of methoxy groups -OCH3 is 1. The molecule has 0 bridgehead atoms. The molecule has 5 rings (SSSR count). The van der Waals surface area contributed by atoms with Crippen LogP contribution in [0, 0.1) is 0 Å². The van der Waals surface area contributed by atoms with Crippen LogP contribution in [0.2, 0.25) is 0 Å². The number of rotatable bonds is 7. The molecule has 1 fully saturated rings. The molecule has 4 heterocycles. The number of benzene rings is 1. The van der Waals surface area contributed by atoms with E-state index < -0.39 is 0 Å². The molecule has 1 amide bonds. The van der Waals surface area contributed by atoms with Crippen molar-refractivity contribution in [1.82, 2.24) is 19.9 Å². The van der Waals surface area contributed by atoms with Gasteiger partial charge in [0.2, 0.25) is 5.91 Å². The second-order valence-electron chi connectivity index (χ2n) is 9.29. The fourth-order valence-electron chi connectivity index (χ4n) is 4.60. The van der Waals surface area contributed by atoms with Crippen molar-refractivity contribution in [3.05, 3.63) is 66.0 Å². The summed E-state index contributed by atoms with van der Waals surface area (Å²) in [6.07, 6.45) is 4.76. The van der Waals surface area contributed by atoms with Crippen LogP contribution in [0.25, 0.3) is 16.8 Å². The van der Waals surface area contributed by atoms with E-state index in [0.717, 1.165) is 52.5 Å². The number of ether oxygens (including phenoxy) is 1. The fourth-order valence-corrected chi connectivity index (χ4v) is 4.60. The minimum atomic E-state index is 0.0578. The Hall–Kier alpha value is -3.91. The van der Waals surface area contributed by atoms with Crippen molar-refractivity contribution in [3.63, 3.8) is 0 Å². The molecule has 0 atom stereocenters. The lowest BCUT2D eigenvalue weighted by Crippen LogP contribution is -2.48. The van der Waals surface area contributed by atoms with Gasteiger partial charge in [-0.3, -0.25) is 4.79 Å². The number of hydrogen-bond donors (Lipinski definition) is 2. The summed E-state index contributed by atoms with van der Waals surface area (Å²) in [6.45, 7) is 8.23. The van der Waals surface area contributed by atoms with Crippen molar-refractivity contribution in [2.45, 2.75) is 33.1 Å². The van der Waals surface area contributed by atoms with Crippen molar-refractivity contribution < 1.29 is 9.53 Å². The number of carbonyl (C=O) groups excluding carboxylic acids is 1. The number of nitrogens with zero attached hydrogens (tertiary/aromatic N) is 4. The van der Waals surface area contributed by atoms with Gasteiger partial charge in [-0.1, -0.05) is 26.8 Å². The van der Waals surface area contributed by atoms with Gasteiger partial charge in [0.1, 0.15) is 11.6 Å². The number of fused-ring (bicyclic) bond motifs is 1. The van der Waals surface area contributed by atoms with Gasteiger partial charge in [-0.25, -0.2) is 9.50 Å². The molecule has 0 saturated carbocycles. The smallest absolute Gasteiger partial charge is 0.240 e. The molecular weight excluding hydrogens is 452 g/mol. The molecule has 36 heavy (non-hydrogen) atoms. The lowest BCUT2D eigenvalue weighted by Gasteiger charge is -2.28. The maximum Gasteiger partial charge on any atom is 0.240 e. The predicted molar refractivity (Wildman–Crippen MR) is 143 cm³/mol. The lowest BCUT2D eigenvalue weighted by atomic mass is 10.0. The van der Waals surface area contributed by atoms with Gasteiger partial charge in [0, 0.05) is 42.2 Å². The second kappa shape index (κ2) is 9.99. The highest BCUT2D eigenvalue weighted by atomic mass is 16.5. The van der Waals surface area contributed by atoms with E-state index in [9.17, 15) is 4.79 Å². The third-order valence-corrected chi connectivity index (χ3v) is 6.67. The molecule has 1 aliphatic heterocycles. The first kappa shape index (κ1) is 23.8. The zero-order valence-corrected chi connectivity index (χ0v) is 21.2. The van der Waals surface area contributed by atoms with Crippen molar-refractivity contribution >= 4 is 28.6 Å². The summed E-state index contributed by atoms with van der Waals surface area (Å²) in [6, 6.07) is 14.2. The van der Waals surface area contributed by atoms with Gasteiger partial charge >= 0.3 is 0 Å². The number of pyridine rings is 2. The molecule has 4 aromatic rings. The van der Waals surface area contributed by atoms with Crippen LogP contribution in [0.1, 0.15) is 37.8 Å². The number of piperazine rings is 1. The van der Waals surface area contributed by atoms with E-state index in [-0.39, 0.29) is 5.91 Å². The number of nitrogens with one attached hydrogen (secondary N) is 2. The molecule has 186 valence electrons. The highest BCUT2D eigenvalue weighted by Gasteiger charge is 2.21. The molecule has 0 aliphatic carbocycles. The maximum atomic E-state index is 12.3. The summed E-state index contributed by atoms with van der Waals surface area (Å²) in [4.78, 5) is 19.1. The molecule has 0 radical (unpaired) electrons. The van der Waals surface area contributed by atoms with E-state index in [4.69, 9.17) is 9.72 Å². The largest absolute Gasteiger partial charge is 0.494 e. The molecule has 1 aliphatic rings. The molecule has 8 nitrogen and oxygen atoms in total. The van der Waals surface area contributed by atoms with Gasteiger partial charge in [0.05, 0.1) is 36.7 Å². The molecule has 0 spiro atoms. The average Bonchev–Trinajstić information content (AvgIpc) is 3.33. The summed E-state index contributed by atoms with van der Waals surface area (Å²) in [5.74, 6) is 1.90. The zero-order valence-electron chi connectivity index (χ0n) is 21.2. The Bertz CT molecular complexity index is 1410. The number of aromatic nitrogens is 3. The summed E-state index contributed by atoms with van der Waals surface area (Å²) < 4.78 is 7.60. The van der Waals surface area contributed by atoms with Crippen LogP contribution in [-0.2, 0) is 11.2 Å². The molecule has 8 heteroatoms. The summed E-state index contributed by atoms with van der Waals surface area (Å²) in [5, 5.41) is 11.1. The van der Waals surface area contributed by atoms with Gasteiger partial charge in [0.25, 0.3) is 0 Å². The average molecular weight is 485 g/mol. The number of carbonyl (C=O) groups is 1. The minimum Gasteiger partial charge on any atom is -0.494 e. The first-order chi connectivity index (χ1) is 17.5. The summed E-state index contributed by atoms with van der Waals surface area (Å²) >= 11 is 0. The van der Waals surface area contributed by atoms with Gasteiger partial charge < -0.3 is 20.3 Å². The summed E-state index contributed by atoms with van der Waals surface area (Å²) in [7, 11) is 1.64. The third kappa shape index (κ3) is 4.52.